The molecule has 0 fully saturated rings. The summed E-state index contributed by atoms with van der Waals surface area (Å²) in [5.41, 5.74) is 12.8. The number of hydrogen-bond donors (Lipinski definition) is 2. The van der Waals surface area contributed by atoms with Gasteiger partial charge in [0.25, 0.3) is 0 Å². The summed E-state index contributed by atoms with van der Waals surface area (Å²) in [7, 11) is 0. The quantitative estimate of drug-likeness (QED) is 0.792. The number of primary amides is 1. The van der Waals surface area contributed by atoms with Crippen LogP contribution >= 0.6 is 11.5 Å². The van der Waals surface area contributed by atoms with Gasteiger partial charge in [-0.3, -0.25) is 4.79 Å². The molecule has 0 bridgehead atoms. The van der Waals surface area contributed by atoms with Crippen LogP contribution in [-0.4, -0.2) is 21.8 Å². The summed E-state index contributed by atoms with van der Waals surface area (Å²) in [6.07, 6.45) is 0. The van der Waals surface area contributed by atoms with Gasteiger partial charge in [-0.05, 0) is 17.7 Å². The van der Waals surface area contributed by atoms with Crippen LogP contribution in [0.3, 0.4) is 0 Å². The van der Waals surface area contributed by atoms with E-state index in [2.05, 4.69) is 9.36 Å². The van der Waals surface area contributed by atoms with Crippen LogP contribution in [0.2, 0.25) is 0 Å². The number of nitrogens with zero attached hydrogens (tertiary/aromatic N) is 3. The van der Waals surface area contributed by atoms with Crippen LogP contribution in [0.15, 0.2) is 24.3 Å². The van der Waals surface area contributed by atoms with Gasteiger partial charge in [-0.15, -0.1) is 0 Å². The highest BCUT2D eigenvalue weighted by Crippen LogP contribution is 2.23. The molecule has 0 atom stereocenters. The molecular formula is C14H19N5OS. The van der Waals surface area contributed by atoms with Crippen LogP contribution < -0.4 is 16.4 Å². The lowest BCUT2D eigenvalue weighted by Crippen LogP contribution is -2.33. The minimum atomic E-state index is -0.403. The van der Waals surface area contributed by atoms with Gasteiger partial charge in [0.15, 0.2) is 0 Å². The molecule has 21 heavy (non-hydrogen) atoms. The van der Waals surface area contributed by atoms with Gasteiger partial charge < -0.3 is 16.4 Å². The SMILES string of the molecule is CC(C)c1nsc(N(CC(N)=O)Cc2cccc(N)c2)n1. The number of rotatable bonds is 6. The Morgan fingerprint density at radius 3 is 2.76 bits per heavy atom. The zero-order valence-corrected chi connectivity index (χ0v) is 12.9. The fourth-order valence-electron chi connectivity index (χ4n) is 1.88. The molecule has 0 radical (unpaired) electrons. The first-order valence-corrected chi connectivity index (χ1v) is 7.44. The average Bonchev–Trinajstić information content (AvgIpc) is 2.87. The first kappa shape index (κ1) is 15.2. The fourth-order valence-corrected chi connectivity index (χ4v) is 2.69. The first-order valence-electron chi connectivity index (χ1n) is 6.67. The van der Waals surface area contributed by atoms with Gasteiger partial charge in [-0.1, -0.05) is 26.0 Å². The molecule has 0 aliphatic heterocycles. The van der Waals surface area contributed by atoms with Gasteiger partial charge >= 0.3 is 0 Å². The molecular weight excluding hydrogens is 286 g/mol. The number of nitrogen functional groups attached to an aromatic ring is 1. The van der Waals surface area contributed by atoms with Crippen LogP contribution in [0, 0.1) is 0 Å². The highest BCUT2D eigenvalue weighted by atomic mass is 32.1. The minimum absolute atomic E-state index is 0.0987. The molecule has 0 aliphatic rings. The van der Waals surface area contributed by atoms with Crippen molar-refractivity contribution in [1.29, 1.82) is 0 Å². The normalized spacial score (nSPS) is 10.8. The third kappa shape index (κ3) is 4.16. The Bertz CT molecular complexity index is 625. The second kappa shape index (κ2) is 6.53. The largest absolute Gasteiger partial charge is 0.399 e. The number of anilines is 2. The Morgan fingerprint density at radius 2 is 2.19 bits per heavy atom. The Labute approximate surface area is 128 Å². The van der Waals surface area contributed by atoms with E-state index in [1.807, 2.05) is 43.0 Å². The predicted octanol–water partition coefficient (Wildman–Crippen LogP) is 1.74. The molecule has 7 heteroatoms. The lowest BCUT2D eigenvalue weighted by Gasteiger charge is -2.19. The van der Waals surface area contributed by atoms with E-state index in [4.69, 9.17) is 11.5 Å². The van der Waals surface area contributed by atoms with Crippen molar-refractivity contribution < 1.29 is 4.79 Å². The standard InChI is InChI=1S/C14H19N5OS/c1-9(2)13-17-14(21-18-13)19(8-12(16)20)7-10-4-3-5-11(15)6-10/h3-6,9H,7-8,15H2,1-2H3,(H2,16,20). The molecule has 2 aromatic rings. The van der Waals surface area contributed by atoms with Crippen molar-refractivity contribution >= 4 is 28.3 Å². The van der Waals surface area contributed by atoms with Gasteiger partial charge in [-0.2, -0.15) is 4.37 Å². The van der Waals surface area contributed by atoms with E-state index in [0.717, 1.165) is 11.4 Å². The maximum Gasteiger partial charge on any atom is 0.237 e. The van der Waals surface area contributed by atoms with Crippen molar-refractivity contribution in [2.45, 2.75) is 26.3 Å². The minimum Gasteiger partial charge on any atom is -0.399 e. The predicted molar refractivity (Wildman–Crippen MR) is 85.1 cm³/mol. The number of amides is 1. The van der Waals surface area contributed by atoms with E-state index in [-0.39, 0.29) is 12.5 Å². The summed E-state index contributed by atoms with van der Waals surface area (Å²) in [5.74, 6) is 0.620. The van der Waals surface area contributed by atoms with Crippen LogP contribution in [-0.2, 0) is 11.3 Å². The number of hydrogen-bond acceptors (Lipinski definition) is 6. The van der Waals surface area contributed by atoms with E-state index in [1.165, 1.54) is 11.5 Å². The summed E-state index contributed by atoms with van der Waals surface area (Å²) >= 11 is 1.28. The second-order valence-electron chi connectivity index (χ2n) is 5.16. The smallest absolute Gasteiger partial charge is 0.237 e. The molecule has 1 aromatic heterocycles. The molecule has 6 nitrogen and oxygen atoms in total. The van der Waals surface area contributed by atoms with Crippen molar-refractivity contribution in [3.05, 3.63) is 35.7 Å². The maximum atomic E-state index is 11.3. The first-order chi connectivity index (χ1) is 9.95. The topological polar surface area (TPSA) is 98.1 Å². The zero-order valence-electron chi connectivity index (χ0n) is 12.1. The van der Waals surface area contributed by atoms with E-state index >= 15 is 0 Å². The van der Waals surface area contributed by atoms with Crippen molar-refractivity contribution in [2.24, 2.45) is 5.73 Å². The molecule has 2 rings (SSSR count). The summed E-state index contributed by atoms with van der Waals surface area (Å²) in [6.45, 7) is 4.67. The summed E-state index contributed by atoms with van der Waals surface area (Å²) in [5, 5.41) is 0.694. The number of nitrogens with two attached hydrogens (primary N) is 2. The lowest BCUT2D eigenvalue weighted by molar-refractivity contribution is -0.116. The lowest BCUT2D eigenvalue weighted by atomic mass is 10.2. The summed E-state index contributed by atoms with van der Waals surface area (Å²) in [4.78, 5) is 17.6. The number of benzene rings is 1. The van der Waals surface area contributed by atoms with Gasteiger partial charge in [0.05, 0.1) is 6.54 Å². The summed E-state index contributed by atoms with van der Waals surface area (Å²) < 4.78 is 4.32. The molecule has 1 heterocycles. The van der Waals surface area contributed by atoms with Crippen LogP contribution in [0.1, 0.15) is 31.2 Å². The number of carbonyl (C=O) groups is 1. The monoisotopic (exact) mass is 305 g/mol. The van der Waals surface area contributed by atoms with Crippen molar-refractivity contribution in [1.82, 2.24) is 9.36 Å². The third-order valence-corrected chi connectivity index (χ3v) is 3.68. The fraction of sp³-hybridized carbons (Fsp3) is 0.357. The maximum absolute atomic E-state index is 11.3. The highest BCUT2D eigenvalue weighted by Gasteiger charge is 2.16. The van der Waals surface area contributed by atoms with Crippen molar-refractivity contribution in [3.8, 4) is 0 Å². The van der Waals surface area contributed by atoms with Crippen molar-refractivity contribution in [2.75, 3.05) is 17.2 Å². The third-order valence-electron chi connectivity index (χ3n) is 2.89. The number of carbonyl (C=O) groups excluding carboxylic acids is 1. The van der Waals surface area contributed by atoms with E-state index in [1.54, 1.807) is 0 Å². The molecule has 0 saturated carbocycles. The molecule has 0 aliphatic carbocycles. The average molecular weight is 305 g/mol. The molecule has 0 spiro atoms. The van der Waals surface area contributed by atoms with E-state index in [9.17, 15) is 4.79 Å². The molecule has 1 aromatic carbocycles. The molecule has 112 valence electrons. The van der Waals surface area contributed by atoms with E-state index < -0.39 is 5.91 Å². The second-order valence-corrected chi connectivity index (χ2v) is 5.89. The Kier molecular flexibility index (Phi) is 4.74. The van der Waals surface area contributed by atoms with Gasteiger partial charge in [0, 0.05) is 29.7 Å². The molecule has 0 unspecified atom stereocenters. The van der Waals surface area contributed by atoms with Crippen LogP contribution in [0.5, 0.6) is 0 Å². The molecule has 4 N–H and O–H groups in total. The number of aromatic nitrogens is 2. The highest BCUT2D eigenvalue weighted by molar-refractivity contribution is 7.09. The van der Waals surface area contributed by atoms with Crippen LogP contribution in [0.4, 0.5) is 10.8 Å². The molecule has 0 saturated heterocycles. The Morgan fingerprint density at radius 1 is 1.43 bits per heavy atom. The Hall–Kier alpha value is -2.15. The zero-order chi connectivity index (χ0) is 15.4. The van der Waals surface area contributed by atoms with E-state index in [0.29, 0.717) is 17.4 Å². The Balaban J connectivity index is 2.23. The summed E-state index contributed by atoms with van der Waals surface area (Å²) in [6, 6.07) is 7.53. The van der Waals surface area contributed by atoms with Gasteiger partial charge in [0.2, 0.25) is 11.0 Å². The molecule has 1 amide bonds. The van der Waals surface area contributed by atoms with Crippen molar-refractivity contribution in [3.63, 3.8) is 0 Å². The van der Waals surface area contributed by atoms with Gasteiger partial charge in [0.1, 0.15) is 5.82 Å². The van der Waals surface area contributed by atoms with Gasteiger partial charge in [-0.25, -0.2) is 4.98 Å². The van der Waals surface area contributed by atoms with Crippen LogP contribution in [0.25, 0.3) is 0 Å².